The highest BCUT2D eigenvalue weighted by Gasteiger charge is 2.22. The number of thiophene rings is 1. The van der Waals surface area contributed by atoms with Crippen LogP contribution in [0.2, 0.25) is 5.02 Å². The van der Waals surface area contributed by atoms with E-state index < -0.39 is 0 Å². The molecule has 0 unspecified atom stereocenters. The molecule has 2 aromatic carbocycles. The predicted octanol–water partition coefficient (Wildman–Crippen LogP) is 7.95. The summed E-state index contributed by atoms with van der Waals surface area (Å²) in [6.45, 7) is 2.81. The second-order valence-electron chi connectivity index (χ2n) is 8.63. The van der Waals surface area contributed by atoms with Crippen LogP contribution >= 0.6 is 22.9 Å². The van der Waals surface area contributed by atoms with Crippen molar-refractivity contribution < 1.29 is 4.79 Å². The number of fused-ring (bicyclic) bond motifs is 3. The molecule has 0 saturated heterocycles. The van der Waals surface area contributed by atoms with Gasteiger partial charge in [0.1, 0.15) is 4.88 Å². The molecule has 3 nitrogen and oxygen atoms in total. The van der Waals surface area contributed by atoms with Crippen molar-refractivity contribution in [3.8, 4) is 11.1 Å². The minimum Gasteiger partial charge on any atom is -0.351 e. The fraction of sp³-hybridized carbons (Fsp3) is 0.286. The number of amides is 1. The minimum absolute atomic E-state index is 0.0163. The summed E-state index contributed by atoms with van der Waals surface area (Å²) in [6.07, 6.45) is 11.0. The molecule has 0 spiro atoms. The van der Waals surface area contributed by atoms with Crippen molar-refractivity contribution in [1.29, 1.82) is 0 Å². The SMILES string of the molecule is CCc1ccc(-c2c(C(=O)NCCC3=CCCCC3)sc3c2cnc2ccc(Cl)cc23)cc1. The second kappa shape index (κ2) is 9.66. The Labute approximate surface area is 203 Å². The zero-order valence-corrected chi connectivity index (χ0v) is 20.4. The van der Waals surface area contributed by atoms with E-state index in [9.17, 15) is 4.79 Å². The Morgan fingerprint density at radius 3 is 2.73 bits per heavy atom. The summed E-state index contributed by atoms with van der Waals surface area (Å²) >= 11 is 7.85. The number of carbonyl (C=O) groups excluding carboxylic acids is 1. The van der Waals surface area contributed by atoms with E-state index in [4.69, 9.17) is 11.6 Å². The third-order valence-corrected chi connectivity index (χ3v) is 7.93. The number of hydrogen-bond acceptors (Lipinski definition) is 3. The molecule has 2 heterocycles. The zero-order chi connectivity index (χ0) is 22.8. The molecule has 1 aliphatic carbocycles. The number of allylic oxidation sites excluding steroid dienone is 1. The van der Waals surface area contributed by atoms with Crippen molar-refractivity contribution in [1.82, 2.24) is 10.3 Å². The standard InChI is InChI=1S/C28H27ClN2OS/c1-2-18-8-10-20(11-9-18)25-23-17-31-24-13-12-21(29)16-22(24)26(23)33-27(25)28(32)30-15-14-19-6-4-3-5-7-19/h6,8-13,16-17H,2-5,7,14-15H2,1H3,(H,30,32). The molecule has 0 radical (unpaired) electrons. The number of pyridine rings is 1. The van der Waals surface area contributed by atoms with Gasteiger partial charge in [-0.3, -0.25) is 9.78 Å². The summed E-state index contributed by atoms with van der Waals surface area (Å²) in [6, 6.07) is 14.3. The Morgan fingerprint density at radius 2 is 1.97 bits per heavy atom. The van der Waals surface area contributed by atoms with Gasteiger partial charge < -0.3 is 5.32 Å². The van der Waals surface area contributed by atoms with Gasteiger partial charge in [-0.1, -0.05) is 54.4 Å². The van der Waals surface area contributed by atoms with E-state index in [2.05, 4.69) is 47.6 Å². The number of aryl methyl sites for hydroxylation is 1. The lowest BCUT2D eigenvalue weighted by Crippen LogP contribution is -2.24. The Morgan fingerprint density at radius 1 is 1.12 bits per heavy atom. The molecule has 4 aromatic rings. The van der Waals surface area contributed by atoms with Crippen LogP contribution in [0.1, 0.15) is 54.3 Å². The highest BCUT2D eigenvalue weighted by molar-refractivity contribution is 7.22. The number of benzene rings is 2. The summed E-state index contributed by atoms with van der Waals surface area (Å²) in [5.74, 6) is -0.0163. The van der Waals surface area contributed by atoms with Crippen LogP contribution in [-0.4, -0.2) is 17.4 Å². The lowest BCUT2D eigenvalue weighted by molar-refractivity contribution is 0.0958. The second-order valence-corrected chi connectivity index (χ2v) is 10.1. The highest BCUT2D eigenvalue weighted by atomic mass is 35.5. The molecule has 1 aliphatic rings. The number of rotatable bonds is 6. The first-order valence-electron chi connectivity index (χ1n) is 11.7. The Kier molecular flexibility index (Phi) is 6.48. The third-order valence-electron chi connectivity index (χ3n) is 6.45. The first-order valence-corrected chi connectivity index (χ1v) is 12.9. The van der Waals surface area contributed by atoms with Crippen molar-refractivity contribution in [2.75, 3.05) is 6.54 Å². The van der Waals surface area contributed by atoms with Gasteiger partial charge in [-0.2, -0.15) is 0 Å². The Balaban J connectivity index is 1.56. The van der Waals surface area contributed by atoms with Gasteiger partial charge in [-0.05, 0) is 67.9 Å². The van der Waals surface area contributed by atoms with Crippen molar-refractivity contribution >= 4 is 49.8 Å². The van der Waals surface area contributed by atoms with Gasteiger partial charge in [0.25, 0.3) is 5.91 Å². The fourth-order valence-corrected chi connectivity index (χ4v) is 6.02. The van der Waals surface area contributed by atoms with E-state index in [-0.39, 0.29) is 5.91 Å². The van der Waals surface area contributed by atoms with E-state index in [0.717, 1.165) is 56.3 Å². The summed E-state index contributed by atoms with van der Waals surface area (Å²) in [4.78, 5) is 18.8. The molecule has 168 valence electrons. The zero-order valence-electron chi connectivity index (χ0n) is 18.8. The van der Waals surface area contributed by atoms with Crippen LogP contribution in [-0.2, 0) is 6.42 Å². The molecule has 0 fully saturated rings. The topological polar surface area (TPSA) is 42.0 Å². The van der Waals surface area contributed by atoms with Gasteiger partial charge in [-0.25, -0.2) is 0 Å². The number of nitrogens with one attached hydrogen (secondary N) is 1. The first kappa shape index (κ1) is 22.1. The maximum absolute atomic E-state index is 13.4. The molecule has 2 aromatic heterocycles. The predicted molar refractivity (Wildman–Crippen MR) is 140 cm³/mol. The quantitative estimate of drug-likeness (QED) is 0.288. The van der Waals surface area contributed by atoms with Crippen LogP contribution in [0.3, 0.4) is 0 Å². The first-order chi connectivity index (χ1) is 16.1. The number of aromatic nitrogens is 1. The minimum atomic E-state index is -0.0163. The molecule has 33 heavy (non-hydrogen) atoms. The molecule has 1 amide bonds. The van der Waals surface area contributed by atoms with Crippen LogP contribution in [0.25, 0.3) is 32.1 Å². The van der Waals surface area contributed by atoms with Gasteiger partial charge in [0.15, 0.2) is 0 Å². The van der Waals surface area contributed by atoms with Gasteiger partial charge in [-0.15, -0.1) is 11.3 Å². The number of nitrogens with zero attached hydrogens (tertiary/aromatic N) is 1. The van der Waals surface area contributed by atoms with Gasteiger partial charge >= 0.3 is 0 Å². The average molecular weight is 475 g/mol. The van der Waals surface area contributed by atoms with Crippen LogP contribution in [0.4, 0.5) is 0 Å². The summed E-state index contributed by atoms with van der Waals surface area (Å²) in [5.41, 5.74) is 5.64. The molecule has 0 saturated carbocycles. The van der Waals surface area contributed by atoms with E-state index in [1.807, 2.05) is 24.4 Å². The molecule has 5 rings (SSSR count). The monoisotopic (exact) mass is 474 g/mol. The normalized spacial score (nSPS) is 13.9. The van der Waals surface area contributed by atoms with Crippen LogP contribution in [0.15, 0.2) is 60.3 Å². The van der Waals surface area contributed by atoms with Gasteiger partial charge in [0.2, 0.25) is 0 Å². The summed E-state index contributed by atoms with van der Waals surface area (Å²) in [5, 5.41) is 5.84. The lowest BCUT2D eigenvalue weighted by Gasteiger charge is -2.13. The van der Waals surface area contributed by atoms with Crippen LogP contribution < -0.4 is 5.32 Å². The van der Waals surface area contributed by atoms with Gasteiger partial charge in [0.05, 0.1) is 5.52 Å². The lowest BCUT2D eigenvalue weighted by atomic mass is 9.97. The smallest absolute Gasteiger partial charge is 0.262 e. The third kappa shape index (κ3) is 4.55. The Bertz CT molecular complexity index is 1350. The fourth-order valence-electron chi connectivity index (χ4n) is 4.61. The van der Waals surface area contributed by atoms with Gasteiger partial charge in [0, 0.05) is 38.8 Å². The average Bonchev–Trinajstić information content (AvgIpc) is 3.25. The van der Waals surface area contributed by atoms with E-state index in [1.54, 1.807) is 0 Å². The largest absolute Gasteiger partial charge is 0.351 e. The molecule has 0 atom stereocenters. The molecule has 5 heteroatoms. The van der Waals surface area contributed by atoms with Crippen molar-refractivity contribution in [3.63, 3.8) is 0 Å². The summed E-state index contributed by atoms with van der Waals surface area (Å²) < 4.78 is 1.05. The van der Waals surface area contributed by atoms with Crippen LogP contribution in [0.5, 0.6) is 0 Å². The number of hydrogen-bond donors (Lipinski definition) is 1. The molecular weight excluding hydrogens is 448 g/mol. The Hall–Kier alpha value is -2.69. The van der Waals surface area contributed by atoms with Crippen molar-refractivity contribution in [2.45, 2.75) is 45.4 Å². The van der Waals surface area contributed by atoms with E-state index >= 15 is 0 Å². The van der Waals surface area contributed by atoms with E-state index in [1.165, 1.54) is 41.7 Å². The molecule has 0 aliphatic heterocycles. The maximum atomic E-state index is 13.4. The van der Waals surface area contributed by atoms with Crippen molar-refractivity contribution in [2.24, 2.45) is 0 Å². The molecular formula is C28H27ClN2OS. The number of halogens is 1. The van der Waals surface area contributed by atoms with E-state index in [0.29, 0.717) is 11.6 Å². The van der Waals surface area contributed by atoms with Crippen molar-refractivity contribution in [3.05, 3.63) is 75.8 Å². The maximum Gasteiger partial charge on any atom is 0.262 e. The highest BCUT2D eigenvalue weighted by Crippen LogP contribution is 2.42. The number of carbonyl (C=O) groups is 1. The molecule has 0 bridgehead atoms. The molecule has 1 N–H and O–H groups in total. The van der Waals surface area contributed by atoms with Crippen LogP contribution in [0, 0.1) is 0 Å². The summed E-state index contributed by atoms with van der Waals surface area (Å²) in [7, 11) is 0.